The fraction of sp³-hybridized carbons (Fsp3) is 0.395. The summed E-state index contributed by atoms with van der Waals surface area (Å²) in [6.45, 7) is 29.6. The number of carbonyl (C=O) groups excluding carboxylic acids is 6. The van der Waals surface area contributed by atoms with Crippen LogP contribution in [0.2, 0.25) is 0 Å². The van der Waals surface area contributed by atoms with E-state index in [4.69, 9.17) is 70.3 Å². The van der Waals surface area contributed by atoms with Gasteiger partial charge in [-0.3, -0.25) is 28.8 Å². The molecular weight excluding hydrogens is 1970 g/mol. The molecule has 11 aromatic carbocycles. The number of aldehydes is 1. The van der Waals surface area contributed by atoms with Gasteiger partial charge in [0.15, 0.2) is 6.29 Å². The van der Waals surface area contributed by atoms with Crippen LogP contribution in [-0.2, 0) is 73.0 Å². The molecule has 0 aromatic heterocycles. The lowest BCUT2D eigenvalue weighted by Gasteiger charge is -2.36. The maximum absolute atomic E-state index is 13.6. The van der Waals surface area contributed by atoms with E-state index in [2.05, 4.69) is 166 Å². The Morgan fingerprint density at radius 1 is 0.384 bits per heavy atom. The normalized spacial score (nSPS) is 10.3. The third-order valence-electron chi connectivity index (χ3n) is 22.2. The maximum atomic E-state index is 13.6. The van der Waals surface area contributed by atoms with Gasteiger partial charge in [0, 0.05) is 109 Å². The quantitative estimate of drug-likeness (QED) is 0.00762. The van der Waals surface area contributed by atoms with E-state index in [1.165, 1.54) is 53.3 Å². The Balaban J connectivity index is 0.00000174. The van der Waals surface area contributed by atoms with Gasteiger partial charge in [0.05, 0.1) is 33.0 Å². The highest BCUT2D eigenvalue weighted by atomic mass is 35.5. The Labute approximate surface area is 915 Å². The zero-order chi connectivity index (χ0) is 104. The molecule has 10 N–H and O–H groups in total. The number of amides is 4. The molecule has 0 aliphatic heterocycles. The summed E-state index contributed by atoms with van der Waals surface area (Å²) < 4.78 is 21.9. The molecular formula is C119H167Cl3N8O12S4. The molecule has 0 aliphatic carbocycles. The molecule has 0 heterocycles. The fourth-order valence-electron chi connectivity index (χ4n) is 14.6. The Kier molecular flexibility index (Phi) is 74.0. The molecule has 11 aromatic rings. The molecule has 27 heteroatoms. The number of unbranched alkanes of at least 4 members (excludes halogenated alkanes) is 4. The van der Waals surface area contributed by atoms with Crippen molar-refractivity contribution in [1.29, 1.82) is 0 Å². The van der Waals surface area contributed by atoms with Crippen molar-refractivity contribution in [1.82, 2.24) is 31.1 Å². The standard InChI is InChI=1S/C30H38N2O2.C26H38N2O3.C22H28ClNO.C13H17NO4.C10H15N.C8H6Cl2O.C8H11NO.C2H6.4H2S/c1-30(2,3)32(22-10-9-13-24-11-5-4-6-12-24)29(34)28-15-8-7-14-26(28)23-31-21-20-25-16-18-27(33)19-17-25;1-26(2,3)28-25(29)14-10-18-31-23-16-15-22(24(19-23)30-4)20-27-17-9-8-13-21-11-6-5-7-12-21;1-22(2,3)24(16-10-9-13-18-11-5-4-6-12-18)21(25)20-15-8-7-14-19(20)17-23;1-14-13(16)4-3-7-18-11-6-5-10(9-15)12(8-11)17-2;11-9-5-4-8-10-6-2-1-3-7-10;9-5-6-3-1-2-4-7(6)8(10)11;9-6-5-7-1-3-8(10)4-2-7;1-2;;;;/h4-8,11-12,14-19,31,33H,9-10,13,20-23H2,1-3H3;5-7,11-12,15-16,19,27H,8-10,13-14,17-18,20H2,1-4H3,(H,28,29);4-8,11-12,14-15H,9-10,13,16-17H2,1-3H3;5-6,8-9H,3-4,7H2,1-2H3,(H,14,16);1-3,6-7H,4-5,8-9,11H2;1-4H,5H2;1-4,10H,5-6,9H2;1-2H3;4*1H2. The number of alkyl halides is 2. The highest BCUT2D eigenvalue weighted by Gasteiger charge is 2.30. The topological polar surface area (TPSA) is 286 Å². The summed E-state index contributed by atoms with van der Waals surface area (Å²) in [5, 5.41) is 30.3. The summed E-state index contributed by atoms with van der Waals surface area (Å²) in [5.74, 6) is 4.16. The smallest absolute Gasteiger partial charge is 0.254 e. The Hall–Kier alpha value is -10.5. The van der Waals surface area contributed by atoms with E-state index in [0.717, 1.165) is 167 Å². The summed E-state index contributed by atoms with van der Waals surface area (Å²) in [5.41, 5.74) is 24.2. The van der Waals surface area contributed by atoms with Gasteiger partial charge in [0.1, 0.15) is 34.5 Å². The highest BCUT2D eigenvalue weighted by molar-refractivity contribution is 7.59. The minimum absolute atomic E-state index is 0. The lowest BCUT2D eigenvalue weighted by molar-refractivity contribution is -0.123. The summed E-state index contributed by atoms with van der Waals surface area (Å²) in [6, 6.07) is 90.1. The van der Waals surface area contributed by atoms with Crippen molar-refractivity contribution in [2.75, 3.05) is 73.7 Å². The lowest BCUT2D eigenvalue weighted by Crippen LogP contribution is -2.46. The van der Waals surface area contributed by atoms with E-state index in [-0.39, 0.29) is 100.0 Å². The molecule has 0 spiro atoms. The fourth-order valence-corrected chi connectivity index (χ4v) is 15.3. The van der Waals surface area contributed by atoms with Gasteiger partial charge in [-0.25, -0.2) is 0 Å². The number of methoxy groups -OCH3 is 2. The van der Waals surface area contributed by atoms with Crippen LogP contribution in [-0.4, -0.2) is 146 Å². The predicted octanol–water partition coefficient (Wildman–Crippen LogP) is 25.1. The zero-order valence-electron chi connectivity index (χ0n) is 88.5. The second kappa shape index (κ2) is 79.7. The van der Waals surface area contributed by atoms with Crippen LogP contribution in [0, 0.1) is 0 Å². The summed E-state index contributed by atoms with van der Waals surface area (Å²) >= 11 is 16.9. The molecule has 0 unspecified atom stereocenters. The number of halogens is 3. The first-order chi connectivity index (χ1) is 68.4. The van der Waals surface area contributed by atoms with E-state index >= 15 is 0 Å². The van der Waals surface area contributed by atoms with Crippen LogP contribution < -0.4 is 51.7 Å². The van der Waals surface area contributed by atoms with Crippen molar-refractivity contribution in [2.45, 2.75) is 233 Å². The van der Waals surface area contributed by atoms with E-state index in [1.54, 1.807) is 74.8 Å². The molecule has 0 saturated heterocycles. The van der Waals surface area contributed by atoms with Crippen LogP contribution in [0.5, 0.6) is 34.5 Å². The van der Waals surface area contributed by atoms with Gasteiger partial charge >= 0.3 is 0 Å². The highest BCUT2D eigenvalue weighted by Crippen LogP contribution is 2.29. The average molecular weight is 2140 g/mol. The van der Waals surface area contributed by atoms with E-state index in [0.29, 0.717) is 92.1 Å². The maximum Gasteiger partial charge on any atom is 0.254 e. The first-order valence-electron chi connectivity index (χ1n) is 49.7. The second-order valence-electron chi connectivity index (χ2n) is 36.7. The number of rotatable bonds is 46. The third-order valence-corrected chi connectivity index (χ3v) is 23.0. The van der Waals surface area contributed by atoms with Crippen molar-refractivity contribution in [3.05, 3.63) is 357 Å². The van der Waals surface area contributed by atoms with Crippen molar-refractivity contribution < 1.29 is 57.9 Å². The number of benzene rings is 11. The third kappa shape index (κ3) is 57.8. The average Bonchev–Trinajstić information content (AvgIpc) is 0.817. The van der Waals surface area contributed by atoms with Crippen LogP contribution in [0.4, 0.5) is 0 Å². The number of ether oxygens (including phenoxy) is 4. The Bertz CT molecular complexity index is 5320. The monoisotopic (exact) mass is 2130 g/mol. The van der Waals surface area contributed by atoms with Gasteiger partial charge in [0.25, 0.3) is 17.1 Å². The zero-order valence-corrected chi connectivity index (χ0v) is 94.8. The van der Waals surface area contributed by atoms with Gasteiger partial charge in [-0.2, -0.15) is 54.0 Å². The van der Waals surface area contributed by atoms with Gasteiger partial charge < -0.3 is 71.7 Å². The van der Waals surface area contributed by atoms with Crippen molar-refractivity contribution in [3.8, 4) is 34.5 Å². The largest absolute Gasteiger partial charge is 0.508 e. The predicted molar refractivity (Wildman–Crippen MR) is 629 cm³/mol. The first kappa shape index (κ1) is 136. The number of carbonyl (C=O) groups is 6. The number of aryl methyl sites for hydroxylation is 4. The molecule has 0 aliphatic rings. The number of nitrogens with two attached hydrogens (primary N) is 2. The molecule has 11 rings (SSSR count). The molecule has 0 radical (unpaired) electrons. The number of phenols is 2. The number of hydrogen-bond donors (Lipinski definition) is 8. The van der Waals surface area contributed by atoms with Gasteiger partial charge in [0.2, 0.25) is 11.8 Å². The van der Waals surface area contributed by atoms with Crippen LogP contribution >= 0.6 is 88.8 Å². The van der Waals surface area contributed by atoms with Gasteiger partial charge in [-0.05, 0) is 314 Å². The molecule has 20 nitrogen and oxygen atoms in total. The summed E-state index contributed by atoms with van der Waals surface area (Å²) in [6.07, 6.45) is 17.8. The van der Waals surface area contributed by atoms with Crippen molar-refractivity contribution >= 4 is 124 Å². The molecule has 146 heavy (non-hydrogen) atoms. The molecule has 800 valence electrons. The summed E-state index contributed by atoms with van der Waals surface area (Å²) in [7, 11) is 4.78. The van der Waals surface area contributed by atoms with E-state index in [9.17, 15) is 33.9 Å². The number of phenolic OH excluding ortho intramolecular Hbond substituents is 2. The minimum Gasteiger partial charge on any atom is -0.508 e. The lowest BCUT2D eigenvalue weighted by atomic mass is 9.99. The van der Waals surface area contributed by atoms with Crippen LogP contribution in [0.3, 0.4) is 0 Å². The number of aromatic hydroxyl groups is 2. The minimum atomic E-state index is -0.457. The number of nitrogens with zero attached hydrogens (tertiary/aromatic N) is 2. The van der Waals surface area contributed by atoms with Crippen molar-refractivity contribution in [2.24, 2.45) is 11.5 Å². The van der Waals surface area contributed by atoms with Crippen molar-refractivity contribution in [3.63, 3.8) is 0 Å². The number of hydrogen-bond acceptors (Lipinski definition) is 16. The van der Waals surface area contributed by atoms with Gasteiger partial charge in [-0.1, -0.05) is 220 Å². The van der Waals surface area contributed by atoms with Crippen LogP contribution in [0.15, 0.2) is 279 Å². The Morgan fingerprint density at radius 2 is 0.740 bits per heavy atom. The second-order valence-corrected chi connectivity index (χ2v) is 37.6. The molecule has 0 fully saturated rings. The Morgan fingerprint density at radius 3 is 1.13 bits per heavy atom. The molecule has 0 atom stereocenters. The SMILES string of the molecule is CC.CC(C)(C)N(CCCCc1ccccc1)C(=O)c1ccccc1CCl.CC(C)(C)N(CCCCc1ccccc1)C(=O)c1ccccc1CNCCc1ccc(O)cc1.CNC(=O)CCCOc1ccc(C=O)c(OC)c1.COc1cc(OCCCC(=O)NC(C)(C)C)ccc1CNCCCCc1ccccc1.NCCCCc1ccccc1.NCCc1ccc(O)cc1.O=C(Cl)c1ccccc1CCl.S.S.S.S. The first-order valence-corrected chi connectivity index (χ1v) is 51.1. The van der Waals surface area contributed by atoms with Gasteiger partial charge in [-0.15, -0.1) is 23.2 Å². The molecule has 0 saturated carbocycles. The molecule has 0 bridgehead atoms. The summed E-state index contributed by atoms with van der Waals surface area (Å²) in [4.78, 5) is 75.0. The van der Waals surface area contributed by atoms with E-state index in [1.807, 2.05) is 160 Å². The molecule has 4 amide bonds. The van der Waals surface area contributed by atoms with Crippen LogP contribution in [0.25, 0.3) is 0 Å². The van der Waals surface area contributed by atoms with Crippen LogP contribution in [0.1, 0.15) is 250 Å². The number of nitrogens with one attached hydrogen (secondary N) is 4. The van der Waals surface area contributed by atoms with E-state index < -0.39 is 5.24 Å².